The highest BCUT2D eigenvalue weighted by atomic mass is 32.2. The highest BCUT2D eigenvalue weighted by Gasteiger charge is 2.28. The van der Waals surface area contributed by atoms with E-state index in [4.69, 9.17) is 0 Å². The number of carbonyl (C=O) groups excluding carboxylic acids is 2. The van der Waals surface area contributed by atoms with Gasteiger partial charge in [0.2, 0.25) is 5.91 Å². The normalized spacial score (nSPS) is 12.2. The summed E-state index contributed by atoms with van der Waals surface area (Å²) >= 11 is 2.47. The second-order valence-corrected chi connectivity index (χ2v) is 7.91. The lowest BCUT2D eigenvalue weighted by Crippen LogP contribution is -2.36. The first-order valence-corrected chi connectivity index (χ1v) is 9.52. The second-order valence-electron chi connectivity index (χ2n) is 5.73. The third-order valence-corrected chi connectivity index (χ3v) is 6.05. The molecule has 0 aromatic carbocycles. The van der Waals surface area contributed by atoms with Gasteiger partial charge in [-0.05, 0) is 19.4 Å². The van der Waals surface area contributed by atoms with E-state index < -0.39 is 5.25 Å². The molecule has 25 heavy (non-hydrogen) atoms. The molecule has 2 aromatic rings. The van der Waals surface area contributed by atoms with Crippen molar-refractivity contribution < 1.29 is 9.59 Å². The molecule has 1 amide bonds. The van der Waals surface area contributed by atoms with Crippen LogP contribution >= 0.6 is 23.1 Å². The predicted octanol–water partition coefficient (Wildman–Crippen LogP) is 2.34. The van der Waals surface area contributed by atoms with Crippen molar-refractivity contribution in [1.82, 2.24) is 14.5 Å². The number of nitrogens with zero attached hydrogens (tertiary/aromatic N) is 3. The molecule has 0 N–H and O–H groups in total. The molecule has 2 aromatic heterocycles. The standard InChI is InChI=1S/C17H21N3O3S2/c1-6-8-20-15(22)12-9-11(7-2)24-14(12)18-17(20)25-13(10(3)21)16(23)19(4)5/h6,9,13H,1,7-8H2,2-5H3/t13-/m1/s1. The summed E-state index contributed by atoms with van der Waals surface area (Å²) in [6.45, 7) is 7.33. The Morgan fingerprint density at radius 2 is 2.16 bits per heavy atom. The first kappa shape index (κ1) is 19.4. The van der Waals surface area contributed by atoms with Crippen LogP contribution in [0.25, 0.3) is 10.2 Å². The first-order valence-electron chi connectivity index (χ1n) is 7.82. The maximum atomic E-state index is 12.8. The van der Waals surface area contributed by atoms with E-state index in [2.05, 4.69) is 11.6 Å². The maximum absolute atomic E-state index is 12.8. The first-order chi connectivity index (χ1) is 11.8. The van der Waals surface area contributed by atoms with Gasteiger partial charge in [0.1, 0.15) is 10.1 Å². The number of allylic oxidation sites excluding steroid dienone is 1. The van der Waals surface area contributed by atoms with Gasteiger partial charge in [-0.3, -0.25) is 19.0 Å². The molecular formula is C17H21N3O3S2. The van der Waals surface area contributed by atoms with E-state index in [1.54, 1.807) is 20.2 Å². The Balaban J connectivity index is 2.59. The zero-order valence-electron chi connectivity index (χ0n) is 14.7. The van der Waals surface area contributed by atoms with E-state index in [-0.39, 0.29) is 23.8 Å². The monoisotopic (exact) mass is 379 g/mol. The van der Waals surface area contributed by atoms with Crippen molar-refractivity contribution in [3.63, 3.8) is 0 Å². The molecule has 134 valence electrons. The zero-order valence-corrected chi connectivity index (χ0v) is 16.4. The molecule has 1 atom stereocenters. The minimum absolute atomic E-state index is 0.178. The Hall–Kier alpha value is -1.93. The van der Waals surface area contributed by atoms with Crippen molar-refractivity contribution >= 4 is 45.0 Å². The number of ketones is 1. The van der Waals surface area contributed by atoms with Crippen LogP contribution in [0.15, 0.2) is 28.7 Å². The highest BCUT2D eigenvalue weighted by Crippen LogP contribution is 2.28. The summed E-state index contributed by atoms with van der Waals surface area (Å²) in [4.78, 5) is 44.7. The summed E-state index contributed by atoms with van der Waals surface area (Å²) in [6.07, 6.45) is 2.42. The minimum atomic E-state index is -0.930. The number of carbonyl (C=O) groups is 2. The summed E-state index contributed by atoms with van der Waals surface area (Å²) in [5, 5.41) is -0.00955. The fraction of sp³-hybridized carbons (Fsp3) is 0.412. The molecule has 0 bridgehead atoms. The van der Waals surface area contributed by atoms with Crippen LogP contribution < -0.4 is 5.56 Å². The van der Waals surface area contributed by atoms with Crippen LogP contribution in [-0.4, -0.2) is 45.5 Å². The summed E-state index contributed by atoms with van der Waals surface area (Å²) in [6, 6.07) is 1.86. The Bertz CT molecular complexity index is 883. The van der Waals surface area contributed by atoms with Gasteiger partial charge >= 0.3 is 0 Å². The smallest absolute Gasteiger partial charge is 0.263 e. The fourth-order valence-corrected chi connectivity index (χ4v) is 4.38. The van der Waals surface area contributed by atoms with Gasteiger partial charge in [0.05, 0.1) is 5.39 Å². The SMILES string of the molecule is C=CCn1c(S[C@H](C(C)=O)C(=O)N(C)C)nc2sc(CC)cc2c1=O. The third-order valence-electron chi connectivity index (χ3n) is 3.58. The average Bonchev–Trinajstić information content (AvgIpc) is 2.98. The van der Waals surface area contributed by atoms with Gasteiger partial charge < -0.3 is 4.90 Å². The quantitative estimate of drug-likeness (QED) is 0.320. The summed E-state index contributed by atoms with van der Waals surface area (Å²) in [5.74, 6) is -0.596. The number of hydrogen-bond acceptors (Lipinski definition) is 6. The van der Waals surface area contributed by atoms with E-state index in [0.29, 0.717) is 15.4 Å². The third kappa shape index (κ3) is 4.01. The molecule has 0 aliphatic carbocycles. The number of rotatable bonds is 7. The maximum Gasteiger partial charge on any atom is 0.263 e. The Morgan fingerprint density at radius 3 is 2.68 bits per heavy atom. The highest BCUT2D eigenvalue weighted by molar-refractivity contribution is 8.01. The Kier molecular flexibility index (Phi) is 6.18. The van der Waals surface area contributed by atoms with Gasteiger partial charge in [-0.15, -0.1) is 17.9 Å². The molecule has 6 nitrogen and oxygen atoms in total. The lowest BCUT2D eigenvalue weighted by Gasteiger charge is -2.19. The van der Waals surface area contributed by atoms with Crippen LogP contribution in [0.3, 0.4) is 0 Å². The Morgan fingerprint density at radius 1 is 1.48 bits per heavy atom. The number of Topliss-reactive ketones (excluding diaryl/α,β-unsaturated/α-hetero) is 1. The number of thiophene rings is 1. The van der Waals surface area contributed by atoms with Crippen molar-refractivity contribution in [3.05, 3.63) is 34.0 Å². The molecule has 2 rings (SSSR count). The average molecular weight is 380 g/mol. The topological polar surface area (TPSA) is 72.3 Å². The molecule has 0 saturated carbocycles. The van der Waals surface area contributed by atoms with Crippen LogP contribution in [0.1, 0.15) is 18.7 Å². The second kappa shape index (κ2) is 7.97. The number of hydrogen-bond donors (Lipinski definition) is 0. The predicted molar refractivity (Wildman–Crippen MR) is 102 cm³/mol. The van der Waals surface area contributed by atoms with Crippen LogP contribution in [0, 0.1) is 0 Å². The van der Waals surface area contributed by atoms with E-state index in [0.717, 1.165) is 23.1 Å². The molecule has 0 spiro atoms. The molecule has 0 aliphatic heterocycles. The van der Waals surface area contributed by atoms with Gasteiger partial charge in [0.15, 0.2) is 10.9 Å². The van der Waals surface area contributed by atoms with Gasteiger partial charge in [-0.25, -0.2) is 4.98 Å². The molecule has 0 aliphatic rings. The molecule has 0 saturated heterocycles. The molecule has 8 heteroatoms. The number of fused-ring (bicyclic) bond motifs is 1. The van der Waals surface area contributed by atoms with E-state index >= 15 is 0 Å². The molecular weight excluding hydrogens is 358 g/mol. The van der Waals surface area contributed by atoms with Crippen molar-refractivity contribution in [3.8, 4) is 0 Å². The number of aryl methyl sites for hydroxylation is 1. The summed E-state index contributed by atoms with van der Waals surface area (Å²) in [7, 11) is 3.19. The van der Waals surface area contributed by atoms with Crippen LogP contribution in [0.2, 0.25) is 0 Å². The van der Waals surface area contributed by atoms with E-state index in [9.17, 15) is 14.4 Å². The van der Waals surface area contributed by atoms with Crippen molar-refractivity contribution in [2.75, 3.05) is 14.1 Å². The van der Waals surface area contributed by atoms with Gasteiger partial charge in [-0.2, -0.15) is 0 Å². The summed E-state index contributed by atoms with van der Waals surface area (Å²) < 4.78 is 1.46. The number of amides is 1. The van der Waals surface area contributed by atoms with Crippen molar-refractivity contribution in [2.24, 2.45) is 0 Å². The molecule has 2 heterocycles. The van der Waals surface area contributed by atoms with Crippen LogP contribution in [0.4, 0.5) is 0 Å². The number of aromatic nitrogens is 2. The van der Waals surface area contributed by atoms with Gasteiger partial charge in [0.25, 0.3) is 5.56 Å². The van der Waals surface area contributed by atoms with E-state index in [1.807, 2.05) is 13.0 Å². The van der Waals surface area contributed by atoms with Crippen molar-refractivity contribution in [1.29, 1.82) is 0 Å². The zero-order chi connectivity index (χ0) is 18.7. The minimum Gasteiger partial charge on any atom is -0.347 e. The number of thioether (sulfide) groups is 1. The molecule has 0 unspecified atom stereocenters. The lowest BCUT2D eigenvalue weighted by atomic mass is 10.3. The summed E-state index contributed by atoms with van der Waals surface area (Å²) in [5.41, 5.74) is -0.178. The fourth-order valence-electron chi connectivity index (χ4n) is 2.25. The van der Waals surface area contributed by atoms with Crippen molar-refractivity contribution in [2.45, 2.75) is 37.2 Å². The molecule has 0 radical (unpaired) electrons. The van der Waals surface area contributed by atoms with Gasteiger partial charge in [0, 0.05) is 25.5 Å². The van der Waals surface area contributed by atoms with Gasteiger partial charge in [-0.1, -0.05) is 24.8 Å². The van der Waals surface area contributed by atoms with Crippen LogP contribution in [0.5, 0.6) is 0 Å². The Labute approximate surface area is 154 Å². The largest absolute Gasteiger partial charge is 0.347 e. The molecule has 0 fully saturated rings. The van der Waals surface area contributed by atoms with Crippen LogP contribution in [-0.2, 0) is 22.6 Å². The van der Waals surface area contributed by atoms with E-state index in [1.165, 1.54) is 27.7 Å². The lowest BCUT2D eigenvalue weighted by molar-refractivity contribution is -0.132.